The quantitative estimate of drug-likeness (QED) is 0.428. The predicted octanol–water partition coefficient (Wildman–Crippen LogP) is 1.60. The monoisotopic (exact) mass is 413 g/mol. The molecule has 1 heterocycles. The van der Waals surface area contributed by atoms with Crippen LogP contribution < -0.4 is 0 Å². The number of carbonyl (C=O) groups excluding carboxylic acids is 2. The van der Waals surface area contributed by atoms with Gasteiger partial charge < -0.3 is 4.89 Å². The van der Waals surface area contributed by atoms with E-state index >= 15 is 0 Å². The van der Waals surface area contributed by atoms with Gasteiger partial charge in [0.2, 0.25) is 19.2 Å². The van der Waals surface area contributed by atoms with Gasteiger partial charge in [0.1, 0.15) is 0 Å². The van der Waals surface area contributed by atoms with Crippen LogP contribution in [0.25, 0.3) is 0 Å². The fourth-order valence-corrected chi connectivity index (χ4v) is 7.88. The molecular formula is C15H28NO6PS2. The van der Waals surface area contributed by atoms with E-state index in [1.807, 2.05) is 13.8 Å². The highest BCUT2D eigenvalue weighted by molar-refractivity contribution is 8.01. The molecule has 146 valence electrons. The molecule has 2 unspecified atom stereocenters. The van der Waals surface area contributed by atoms with Gasteiger partial charge in [0, 0.05) is 25.3 Å². The fourth-order valence-electron chi connectivity index (χ4n) is 2.56. The first-order chi connectivity index (χ1) is 11.3. The van der Waals surface area contributed by atoms with Gasteiger partial charge in [0.05, 0.1) is 16.8 Å². The lowest BCUT2D eigenvalue weighted by atomic mass is 10.3. The minimum atomic E-state index is -3.72. The molecule has 1 saturated heterocycles. The van der Waals surface area contributed by atoms with Crippen LogP contribution in [0.4, 0.5) is 0 Å². The first-order valence-corrected chi connectivity index (χ1v) is 13.1. The predicted molar refractivity (Wildman–Crippen MR) is 101 cm³/mol. The van der Waals surface area contributed by atoms with E-state index < -0.39 is 22.5 Å². The summed E-state index contributed by atoms with van der Waals surface area (Å²) in [6.07, 6.45) is -0.497. The molecule has 0 aromatic rings. The second-order valence-electron chi connectivity index (χ2n) is 7.06. The normalized spacial score (nSPS) is 21.4. The van der Waals surface area contributed by atoms with E-state index in [1.165, 1.54) is 11.8 Å². The van der Waals surface area contributed by atoms with Gasteiger partial charge in [-0.3, -0.25) is 19.1 Å². The van der Waals surface area contributed by atoms with Crippen LogP contribution in [0.1, 0.15) is 34.1 Å². The summed E-state index contributed by atoms with van der Waals surface area (Å²) >= 11 is 1.41. The van der Waals surface area contributed by atoms with Crippen LogP contribution in [-0.2, 0) is 24.0 Å². The van der Waals surface area contributed by atoms with E-state index in [9.17, 15) is 27.5 Å². The van der Waals surface area contributed by atoms with Gasteiger partial charge in [-0.05, 0) is 11.2 Å². The maximum absolute atomic E-state index is 12.2. The van der Waals surface area contributed by atoms with E-state index in [-0.39, 0.29) is 59.8 Å². The van der Waals surface area contributed by atoms with Crippen molar-refractivity contribution in [3.05, 3.63) is 0 Å². The van der Waals surface area contributed by atoms with Gasteiger partial charge in [0.15, 0.2) is 9.84 Å². The van der Waals surface area contributed by atoms with Crippen LogP contribution in [0, 0.1) is 5.92 Å². The van der Waals surface area contributed by atoms with E-state index in [2.05, 4.69) is 0 Å². The number of likely N-dealkylation sites (tertiary alicyclic amines) is 1. The summed E-state index contributed by atoms with van der Waals surface area (Å²) in [5.41, 5.74) is 0. The van der Waals surface area contributed by atoms with Crippen molar-refractivity contribution in [3.63, 3.8) is 0 Å². The van der Waals surface area contributed by atoms with Gasteiger partial charge in [0.25, 0.3) is 0 Å². The van der Waals surface area contributed by atoms with Crippen LogP contribution in [0.5, 0.6) is 0 Å². The molecule has 1 aliphatic heterocycles. The van der Waals surface area contributed by atoms with Gasteiger partial charge >= 0.3 is 0 Å². The lowest BCUT2D eigenvalue weighted by Gasteiger charge is -2.18. The first-order valence-electron chi connectivity index (χ1n) is 8.34. The van der Waals surface area contributed by atoms with Crippen molar-refractivity contribution in [2.75, 3.05) is 30.4 Å². The zero-order valence-electron chi connectivity index (χ0n) is 15.2. The molecule has 1 fully saturated rings. The Morgan fingerprint density at radius 1 is 1.24 bits per heavy atom. The van der Waals surface area contributed by atoms with Crippen molar-refractivity contribution in [3.8, 4) is 0 Å². The highest BCUT2D eigenvalue weighted by Gasteiger charge is 2.39. The zero-order valence-corrected chi connectivity index (χ0v) is 17.7. The Balaban J connectivity index is 2.57. The third kappa shape index (κ3) is 7.81. The second-order valence-corrected chi connectivity index (χ2v) is 13.7. The number of carbonyl (C=O) groups is 2. The molecule has 2 atom stereocenters. The Morgan fingerprint density at radius 3 is 2.36 bits per heavy atom. The summed E-state index contributed by atoms with van der Waals surface area (Å²) in [5, 5.41) is -0.228. The molecule has 0 spiro atoms. The number of hydrogen-bond acceptors (Lipinski definition) is 6. The van der Waals surface area contributed by atoms with Crippen molar-refractivity contribution in [1.82, 2.24) is 4.90 Å². The Labute approximate surface area is 154 Å². The Morgan fingerprint density at radius 2 is 1.84 bits per heavy atom. The molecule has 7 nitrogen and oxygen atoms in total. The van der Waals surface area contributed by atoms with E-state index in [0.29, 0.717) is 0 Å². The third-order valence-electron chi connectivity index (χ3n) is 3.65. The number of nitrogens with zero attached hydrogens (tertiary/aromatic N) is 1. The molecule has 0 saturated carbocycles. The first kappa shape index (κ1) is 22.7. The number of imide groups is 1. The average molecular weight is 413 g/mol. The maximum Gasteiger partial charge on any atom is 0.242 e. The molecule has 0 aliphatic carbocycles. The fraction of sp³-hybridized carbons (Fsp3) is 0.867. The Hall–Kier alpha value is -0.370. The molecule has 0 radical (unpaired) electrons. The summed E-state index contributed by atoms with van der Waals surface area (Å²) in [6.45, 7) is 7.28. The van der Waals surface area contributed by atoms with Gasteiger partial charge in [-0.2, -0.15) is 0 Å². The van der Waals surface area contributed by atoms with E-state index in [0.717, 1.165) is 4.90 Å². The SMILES string of the molecule is CC(C)CS(=O)(=O)CCP(=O)(O)CCN1C(=O)CC(SC(C)C)C1=O. The number of hydrogen-bond donors (Lipinski definition) is 1. The number of thioether (sulfide) groups is 1. The molecule has 25 heavy (non-hydrogen) atoms. The average Bonchev–Trinajstić information content (AvgIpc) is 2.67. The van der Waals surface area contributed by atoms with Crippen LogP contribution in [0.3, 0.4) is 0 Å². The van der Waals surface area contributed by atoms with Crippen LogP contribution >= 0.6 is 19.1 Å². The largest absolute Gasteiger partial charge is 0.344 e. The topological polar surface area (TPSA) is 109 Å². The maximum atomic E-state index is 12.2. The highest BCUT2D eigenvalue weighted by Crippen LogP contribution is 2.41. The molecule has 0 aromatic heterocycles. The van der Waals surface area contributed by atoms with Crippen LogP contribution in [-0.4, -0.2) is 70.9 Å². The van der Waals surface area contributed by atoms with Gasteiger partial charge in [-0.1, -0.05) is 27.7 Å². The summed E-state index contributed by atoms with van der Waals surface area (Å²) in [4.78, 5) is 35.2. The summed E-state index contributed by atoms with van der Waals surface area (Å²) < 4.78 is 35.9. The molecule has 2 amide bonds. The van der Waals surface area contributed by atoms with Gasteiger partial charge in [-0.25, -0.2) is 8.42 Å². The van der Waals surface area contributed by atoms with Crippen molar-refractivity contribution in [2.24, 2.45) is 5.92 Å². The van der Waals surface area contributed by atoms with Crippen molar-refractivity contribution >= 4 is 40.8 Å². The Kier molecular flexibility index (Phi) is 8.18. The lowest BCUT2D eigenvalue weighted by molar-refractivity contribution is -0.137. The van der Waals surface area contributed by atoms with Crippen molar-refractivity contribution in [1.29, 1.82) is 0 Å². The Bertz CT molecular complexity index is 646. The van der Waals surface area contributed by atoms with E-state index in [4.69, 9.17) is 0 Å². The number of amides is 2. The molecular weight excluding hydrogens is 385 g/mol. The minimum Gasteiger partial charge on any atom is -0.344 e. The number of sulfone groups is 1. The van der Waals surface area contributed by atoms with Crippen LogP contribution in [0.2, 0.25) is 0 Å². The molecule has 0 aromatic carbocycles. The smallest absolute Gasteiger partial charge is 0.242 e. The molecule has 1 aliphatic rings. The second kappa shape index (κ2) is 9.02. The van der Waals surface area contributed by atoms with Crippen LogP contribution in [0.15, 0.2) is 0 Å². The minimum absolute atomic E-state index is 0.0236. The summed E-state index contributed by atoms with van der Waals surface area (Å²) in [5.74, 6) is -1.08. The highest BCUT2D eigenvalue weighted by atomic mass is 32.2. The summed E-state index contributed by atoms with van der Waals surface area (Å²) in [7, 11) is -7.10. The lowest BCUT2D eigenvalue weighted by Crippen LogP contribution is -2.34. The summed E-state index contributed by atoms with van der Waals surface area (Å²) in [6, 6.07) is 0. The molecule has 1 rings (SSSR count). The third-order valence-corrected chi connectivity index (χ3v) is 9.02. The zero-order chi connectivity index (χ0) is 19.4. The molecule has 0 bridgehead atoms. The van der Waals surface area contributed by atoms with Gasteiger partial charge in [-0.15, -0.1) is 11.8 Å². The van der Waals surface area contributed by atoms with Crippen molar-refractivity contribution in [2.45, 2.75) is 44.6 Å². The molecule has 10 heteroatoms. The standard InChI is InChI=1S/C15H28NO6PS2/c1-11(2)10-25(21,22)8-7-23(19,20)6-5-16-14(17)9-13(15(16)18)24-12(3)4/h11-13H,5-10H2,1-4H3,(H,19,20). The number of rotatable bonds is 10. The van der Waals surface area contributed by atoms with Crippen molar-refractivity contribution < 1.29 is 27.5 Å². The molecule has 1 N–H and O–H groups in total. The van der Waals surface area contributed by atoms with E-state index in [1.54, 1.807) is 13.8 Å².